The van der Waals surface area contributed by atoms with Crippen LogP contribution in [0.4, 0.5) is 5.13 Å². The SMILES string of the molecule is CCOC1CCN(c2nc(C3CC3)c(C(=O)O)s2)CC1. The maximum absolute atomic E-state index is 11.3. The van der Waals surface area contributed by atoms with Crippen LogP contribution in [0.3, 0.4) is 0 Å². The fourth-order valence-electron chi connectivity index (χ4n) is 2.69. The van der Waals surface area contributed by atoms with Crippen molar-refractivity contribution in [1.29, 1.82) is 0 Å². The summed E-state index contributed by atoms with van der Waals surface area (Å²) in [4.78, 5) is 18.6. The number of ether oxygens (including phenoxy) is 1. The first-order valence-corrected chi connectivity index (χ1v) is 8.11. The minimum Gasteiger partial charge on any atom is -0.477 e. The lowest BCUT2D eigenvalue weighted by molar-refractivity contribution is 0.0459. The molecule has 1 saturated carbocycles. The van der Waals surface area contributed by atoms with E-state index in [9.17, 15) is 9.90 Å². The summed E-state index contributed by atoms with van der Waals surface area (Å²) in [6, 6.07) is 0. The molecule has 0 unspecified atom stereocenters. The van der Waals surface area contributed by atoms with Crippen molar-refractivity contribution in [3.63, 3.8) is 0 Å². The van der Waals surface area contributed by atoms with Crippen LogP contribution in [-0.4, -0.2) is 41.9 Å². The molecule has 1 saturated heterocycles. The van der Waals surface area contributed by atoms with E-state index in [-0.39, 0.29) is 0 Å². The molecule has 1 aliphatic heterocycles. The number of aromatic nitrogens is 1. The molecule has 0 spiro atoms. The Bertz CT molecular complexity index is 491. The highest BCUT2D eigenvalue weighted by molar-refractivity contribution is 7.17. The first-order valence-electron chi connectivity index (χ1n) is 7.29. The third kappa shape index (κ3) is 2.81. The van der Waals surface area contributed by atoms with Crippen molar-refractivity contribution in [2.45, 2.75) is 44.6 Å². The first-order chi connectivity index (χ1) is 9.69. The van der Waals surface area contributed by atoms with Gasteiger partial charge in [0.2, 0.25) is 0 Å². The second-order valence-corrected chi connectivity index (χ2v) is 6.41. The zero-order valence-electron chi connectivity index (χ0n) is 11.7. The van der Waals surface area contributed by atoms with Gasteiger partial charge in [-0.25, -0.2) is 9.78 Å². The summed E-state index contributed by atoms with van der Waals surface area (Å²) in [5.41, 5.74) is 0.810. The zero-order chi connectivity index (χ0) is 14.1. The smallest absolute Gasteiger partial charge is 0.347 e. The summed E-state index contributed by atoms with van der Waals surface area (Å²) in [7, 11) is 0. The Labute approximate surface area is 122 Å². The van der Waals surface area contributed by atoms with Crippen molar-refractivity contribution < 1.29 is 14.6 Å². The second-order valence-electron chi connectivity index (χ2n) is 5.43. The van der Waals surface area contributed by atoms with Crippen molar-refractivity contribution in [3.05, 3.63) is 10.6 Å². The van der Waals surface area contributed by atoms with Gasteiger partial charge in [-0.15, -0.1) is 0 Å². The van der Waals surface area contributed by atoms with Gasteiger partial charge in [0.25, 0.3) is 0 Å². The van der Waals surface area contributed by atoms with Gasteiger partial charge < -0.3 is 14.7 Å². The molecular formula is C14H20N2O3S. The number of aromatic carboxylic acids is 1. The lowest BCUT2D eigenvalue weighted by Crippen LogP contribution is -2.37. The number of carboxylic acid groups (broad SMARTS) is 1. The van der Waals surface area contributed by atoms with Gasteiger partial charge in [-0.2, -0.15) is 0 Å². The molecule has 2 heterocycles. The van der Waals surface area contributed by atoms with Gasteiger partial charge in [-0.05, 0) is 32.6 Å². The fraction of sp³-hybridized carbons (Fsp3) is 0.714. The van der Waals surface area contributed by atoms with Crippen molar-refractivity contribution in [2.75, 3.05) is 24.6 Å². The third-order valence-electron chi connectivity index (χ3n) is 3.92. The molecule has 110 valence electrons. The van der Waals surface area contributed by atoms with Gasteiger partial charge in [0.15, 0.2) is 5.13 Å². The van der Waals surface area contributed by atoms with Crippen LogP contribution in [0.1, 0.15) is 53.9 Å². The van der Waals surface area contributed by atoms with Gasteiger partial charge in [-0.3, -0.25) is 0 Å². The van der Waals surface area contributed by atoms with Crippen LogP contribution in [0.15, 0.2) is 0 Å². The van der Waals surface area contributed by atoms with E-state index in [0.29, 0.717) is 16.9 Å². The Morgan fingerprint density at radius 3 is 2.65 bits per heavy atom. The van der Waals surface area contributed by atoms with E-state index < -0.39 is 5.97 Å². The Morgan fingerprint density at radius 1 is 1.40 bits per heavy atom. The van der Waals surface area contributed by atoms with Crippen LogP contribution < -0.4 is 4.90 Å². The van der Waals surface area contributed by atoms with E-state index in [2.05, 4.69) is 9.88 Å². The molecule has 0 bridgehead atoms. The lowest BCUT2D eigenvalue weighted by atomic mass is 10.1. The van der Waals surface area contributed by atoms with E-state index in [1.165, 1.54) is 11.3 Å². The van der Waals surface area contributed by atoms with Crippen LogP contribution in [0.2, 0.25) is 0 Å². The first kappa shape index (κ1) is 13.8. The van der Waals surface area contributed by atoms with Crippen LogP contribution in [0.25, 0.3) is 0 Å². The van der Waals surface area contributed by atoms with E-state index in [4.69, 9.17) is 4.74 Å². The summed E-state index contributed by atoms with van der Waals surface area (Å²) >= 11 is 1.33. The summed E-state index contributed by atoms with van der Waals surface area (Å²) in [6.45, 7) is 4.59. The second kappa shape index (κ2) is 5.69. The molecule has 2 aliphatic rings. The maximum Gasteiger partial charge on any atom is 0.347 e. The molecule has 2 fully saturated rings. The number of rotatable bonds is 5. The molecule has 20 heavy (non-hydrogen) atoms. The largest absolute Gasteiger partial charge is 0.477 e. The number of thiazole rings is 1. The molecule has 0 aromatic carbocycles. The minimum atomic E-state index is -0.833. The Hall–Kier alpha value is -1.14. The average molecular weight is 296 g/mol. The Morgan fingerprint density at radius 2 is 2.10 bits per heavy atom. The van der Waals surface area contributed by atoms with Crippen LogP contribution in [0, 0.1) is 0 Å². The number of hydrogen-bond acceptors (Lipinski definition) is 5. The number of anilines is 1. The third-order valence-corrected chi connectivity index (χ3v) is 5.04. The van der Waals surface area contributed by atoms with Crippen molar-refractivity contribution in [3.8, 4) is 0 Å². The molecule has 0 amide bonds. The van der Waals surface area contributed by atoms with E-state index in [0.717, 1.165) is 56.2 Å². The highest BCUT2D eigenvalue weighted by Gasteiger charge is 2.33. The summed E-state index contributed by atoms with van der Waals surface area (Å²) in [6.07, 6.45) is 4.49. The number of nitrogens with zero attached hydrogens (tertiary/aromatic N) is 2. The van der Waals surface area contributed by atoms with Gasteiger partial charge in [0.1, 0.15) is 4.88 Å². The average Bonchev–Trinajstić information content (AvgIpc) is 3.19. The van der Waals surface area contributed by atoms with Crippen molar-refractivity contribution >= 4 is 22.4 Å². The molecular weight excluding hydrogens is 276 g/mol. The van der Waals surface area contributed by atoms with E-state index in [1.807, 2.05) is 6.92 Å². The van der Waals surface area contributed by atoms with Crippen LogP contribution in [-0.2, 0) is 4.74 Å². The van der Waals surface area contributed by atoms with E-state index >= 15 is 0 Å². The quantitative estimate of drug-likeness (QED) is 0.905. The normalized spacial score (nSPS) is 20.4. The minimum absolute atomic E-state index is 0.345. The highest BCUT2D eigenvalue weighted by Crippen LogP contribution is 2.44. The lowest BCUT2D eigenvalue weighted by Gasteiger charge is -2.31. The number of piperidine rings is 1. The number of carboxylic acids is 1. The zero-order valence-corrected chi connectivity index (χ0v) is 12.5. The number of carbonyl (C=O) groups is 1. The topological polar surface area (TPSA) is 62.7 Å². The molecule has 5 nitrogen and oxygen atoms in total. The molecule has 1 aromatic heterocycles. The Balaban J connectivity index is 1.71. The highest BCUT2D eigenvalue weighted by atomic mass is 32.1. The van der Waals surface area contributed by atoms with Crippen molar-refractivity contribution in [1.82, 2.24) is 4.98 Å². The van der Waals surface area contributed by atoms with Crippen molar-refractivity contribution in [2.24, 2.45) is 0 Å². The molecule has 1 N–H and O–H groups in total. The molecule has 0 atom stereocenters. The van der Waals surface area contributed by atoms with Gasteiger partial charge in [0, 0.05) is 25.6 Å². The summed E-state index contributed by atoms with van der Waals surface area (Å²) in [5.74, 6) is -0.452. The predicted octanol–water partition coefficient (Wildman–Crippen LogP) is 2.72. The number of hydrogen-bond donors (Lipinski definition) is 1. The van der Waals surface area contributed by atoms with E-state index in [1.54, 1.807) is 0 Å². The molecule has 1 aromatic rings. The predicted molar refractivity (Wildman–Crippen MR) is 77.9 cm³/mol. The maximum atomic E-state index is 11.3. The van der Waals surface area contributed by atoms with Gasteiger partial charge in [0.05, 0.1) is 11.8 Å². The molecule has 6 heteroatoms. The fourth-order valence-corrected chi connectivity index (χ4v) is 3.73. The van der Waals surface area contributed by atoms with Crippen LogP contribution in [0.5, 0.6) is 0 Å². The molecule has 1 aliphatic carbocycles. The van der Waals surface area contributed by atoms with Gasteiger partial charge in [-0.1, -0.05) is 11.3 Å². The summed E-state index contributed by atoms with van der Waals surface area (Å²) < 4.78 is 5.64. The molecule has 0 radical (unpaired) electrons. The van der Waals surface area contributed by atoms with Gasteiger partial charge >= 0.3 is 5.97 Å². The molecule has 3 rings (SSSR count). The van der Waals surface area contributed by atoms with Crippen LogP contribution >= 0.6 is 11.3 Å². The monoisotopic (exact) mass is 296 g/mol. The standard InChI is InChI=1S/C14H20N2O3S/c1-2-19-10-5-7-16(8-6-10)14-15-11(9-3-4-9)12(20-14)13(17)18/h9-10H,2-8H2,1H3,(H,17,18). The summed E-state index contributed by atoms with van der Waals surface area (Å²) in [5, 5.41) is 10.2. The Kier molecular flexibility index (Phi) is 3.94.